The fraction of sp³-hybridized carbons (Fsp3) is 0.0714. The molecule has 1 aliphatic rings. The van der Waals surface area contributed by atoms with Crippen molar-refractivity contribution in [2.24, 2.45) is 0 Å². The maximum atomic E-state index is 13.2. The molecular formula is C14H8F2OS. The number of carbonyl (C=O) groups excluding carboxylic acids is 1. The van der Waals surface area contributed by atoms with Gasteiger partial charge in [-0.05, 0) is 23.8 Å². The summed E-state index contributed by atoms with van der Waals surface area (Å²) in [6.07, 6.45) is 0.223. The van der Waals surface area contributed by atoms with Crippen LogP contribution in [0.4, 0.5) is 8.78 Å². The van der Waals surface area contributed by atoms with Crippen molar-refractivity contribution in [2.75, 3.05) is 0 Å². The number of hydrogen-bond donors (Lipinski definition) is 0. The third-order valence-corrected chi connectivity index (χ3v) is 4.04. The standard InChI is InChI=1S/C14H8F2OS/c15-10-6-9-12(17)5-8-3-1-2-4-13(8)18-14(9)7-11(10)16/h1-4,6-7H,5H2. The fourth-order valence-electron chi connectivity index (χ4n) is 1.97. The van der Waals surface area contributed by atoms with Gasteiger partial charge in [-0.1, -0.05) is 30.0 Å². The second-order valence-electron chi connectivity index (χ2n) is 4.07. The van der Waals surface area contributed by atoms with Crippen molar-refractivity contribution in [2.45, 2.75) is 16.2 Å². The summed E-state index contributed by atoms with van der Waals surface area (Å²) in [7, 11) is 0. The molecule has 0 amide bonds. The lowest BCUT2D eigenvalue weighted by molar-refractivity contribution is 0.0989. The highest BCUT2D eigenvalue weighted by molar-refractivity contribution is 7.99. The summed E-state index contributed by atoms with van der Waals surface area (Å²) >= 11 is 1.30. The van der Waals surface area contributed by atoms with Crippen LogP contribution in [0.15, 0.2) is 46.2 Å². The van der Waals surface area contributed by atoms with Crippen molar-refractivity contribution in [3.8, 4) is 0 Å². The zero-order chi connectivity index (χ0) is 12.7. The quantitative estimate of drug-likeness (QED) is 0.717. The molecule has 2 aromatic rings. The second kappa shape index (κ2) is 4.21. The van der Waals surface area contributed by atoms with Crippen LogP contribution in [0.1, 0.15) is 15.9 Å². The van der Waals surface area contributed by atoms with Crippen LogP contribution >= 0.6 is 11.8 Å². The van der Waals surface area contributed by atoms with E-state index in [0.717, 1.165) is 22.6 Å². The molecule has 3 rings (SSSR count). The van der Waals surface area contributed by atoms with E-state index >= 15 is 0 Å². The van der Waals surface area contributed by atoms with Gasteiger partial charge in [-0.15, -0.1) is 0 Å². The number of fused-ring (bicyclic) bond motifs is 2. The molecule has 2 aromatic carbocycles. The molecule has 1 heterocycles. The monoisotopic (exact) mass is 262 g/mol. The SMILES string of the molecule is O=C1Cc2ccccc2Sc2cc(F)c(F)cc21. The molecule has 0 bridgehead atoms. The van der Waals surface area contributed by atoms with Crippen molar-refractivity contribution >= 4 is 17.5 Å². The normalized spacial score (nSPS) is 13.8. The summed E-state index contributed by atoms with van der Waals surface area (Å²) in [6.45, 7) is 0. The van der Waals surface area contributed by atoms with Crippen molar-refractivity contribution in [1.82, 2.24) is 0 Å². The van der Waals surface area contributed by atoms with Crippen LogP contribution in [-0.4, -0.2) is 5.78 Å². The van der Waals surface area contributed by atoms with Crippen molar-refractivity contribution in [1.29, 1.82) is 0 Å². The molecule has 0 spiro atoms. The molecule has 0 aliphatic carbocycles. The van der Waals surface area contributed by atoms with Gasteiger partial charge in [0, 0.05) is 21.8 Å². The van der Waals surface area contributed by atoms with Crippen LogP contribution in [0.5, 0.6) is 0 Å². The maximum absolute atomic E-state index is 13.2. The van der Waals surface area contributed by atoms with E-state index < -0.39 is 11.6 Å². The highest BCUT2D eigenvalue weighted by Gasteiger charge is 2.22. The molecule has 0 atom stereocenters. The Labute approximate surface area is 107 Å². The average Bonchev–Trinajstić information content (AvgIpc) is 2.47. The summed E-state index contributed by atoms with van der Waals surface area (Å²) < 4.78 is 26.4. The van der Waals surface area contributed by atoms with E-state index in [-0.39, 0.29) is 17.8 Å². The molecule has 1 aliphatic heterocycles. The first-order chi connectivity index (χ1) is 8.65. The van der Waals surface area contributed by atoms with Crippen molar-refractivity contribution in [3.05, 3.63) is 59.2 Å². The second-order valence-corrected chi connectivity index (χ2v) is 5.16. The van der Waals surface area contributed by atoms with Gasteiger partial charge in [-0.2, -0.15) is 0 Å². The molecule has 0 saturated carbocycles. The van der Waals surface area contributed by atoms with Gasteiger partial charge < -0.3 is 0 Å². The number of rotatable bonds is 0. The van der Waals surface area contributed by atoms with Gasteiger partial charge in [0.15, 0.2) is 17.4 Å². The Hall–Kier alpha value is -1.68. The molecule has 18 heavy (non-hydrogen) atoms. The Morgan fingerprint density at radius 3 is 2.56 bits per heavy atom. The summed E-state index contributed by atoms with van der Waals surface area (Å²) in [5.74, 6) is -2.08. The van der Waals surface area contributed by atoms with Gasteiger partial charge in [0.2, 0.25) is 0 Å². The van der Waals surface area contributed by atoms with Crippen LogP contribution in [-0.2, 0) is 6.42 Å². The van der Waals surface area contributed by atoms with Crippen LogP contribution in [0.2, 0.25) is 0 Å². The van der Waals surface area contributed by atoms with Crippen molar-refractivity contribution < 1.29 is 13.6 Å². The smallest absolute Gasteiger partial charge is 0.168 e. The third-order valence-electron chi connectivity index (χ3n) is 2.87. The molecule has 0 aromatic heterocycles. The lowest BCUT2D eigenvalue weighted by Crippen LogP contribution is -2.04. The van der Waals surface area contributed by atoms with E-state index in [4.69, 9.17) is 0 Å². The lowest BCUT2D eigenvalue weighted by Gasteiger charge is -2.05. The summed E-state index contributed by atoms with van der Waals surface area (Å²) in [5, 5.41) is 0. The van der Waals surface area contributed by atoms with Gasteiger partial charge in [-0.25, -0.2) is 8.78 Å². The molecule has 4 heteroatoms. The topological polar surface area (TPSA) is 17.1 Å². The Bertz CT molecular complexity index is 652. The first kappa shape index (κ1) is 11.4. The molecular weight excluding hydrogens is 254 g/mol. The highest BCUT2D eigenvalue weighted by Crippen LogP contribution is 2.37. The molecule has 0 saturated heterocycles. The van der Waals surface area contributed by atoms with Crippen LogP contribution in [0.3, 0.4) is 0 Å². The summed E-state index contributed by atoms with van der Waals surface area (Å²) in [5.41, 5.74) is 1.15. The number of ketones is 1. The van der Waals surface area contributed by atoms with Crippen molar-refractivity contribution in [3.63, 3.8) is 0 Å². The number of halogens is 2. The Balaban J connectivity index is 2.20. The zero-order valence-electron chi connectivity index (χ0n) is 9.24. The number of benzene rings is 2. The highest BCUT2D eigenvalue weighted by atomic mass is 32.2. The minimum Gasteiger partial charge on any atom is -0.294 e. The molecule has 1 nitrogen and oxygen atoms in total. The molecule has 0 radical (unpaired) electrons. The van der Waals surface area contributed by atoms with E-state index in [9.17, 15) is 13.6 Å². The maximum Gasteiger partial charge on any atom is 0.168 e. The van der Waals surface area contributed by atoms with Gasteiger partial charge in [0.1, 0.15) is 0 Å². The van der Waals surface area contributed by atoms with Crippen LogP contribution in [0.25, 0.3) is 0 Å². The first-order valence-corrected chi connectivity index (χ1v) is 6.25. The lowest BCUT2D eigenvalue weighted by atomic mass is 10.0. The van der Waals surface area contributed by atoms with E-state index in [0.29, 0.717) is 4.90 Å². The minimum absolute atomic E-state index is 0.179. The van der Waals surface area contributed by atoms with E-state index in [2.05, 4.69) is 0 Å². The van der Waals surface area contributed by atoms with Crippen LogP contribution in [0, 0.1) is 11.6 Å². The Kier molecular flexibility index (Phi) is 2.67. The largest absolute Gasteiger partial charge is 0.294 e. The molecule has 0 fully saturated rings. The predicted octanol–water partition coefficient (Wildman–Crippen LogP) is 3.85. The van der Waals surface area contributed by atoms with Gasteiger partial charge in [-0.3, -0.25) is 4.79 Å². The number of hydrogen-bond acceptors (Lipinski definition) is 2. The van der Waals surface area contributed by atoms with Gasteiger partial charge in [0.25, 0.3) is 0 Å². The Morgan fingerprint density at radius 1 is 1.00 bits per heavy atom. The number of Topliss-reactive ketones (excluding diaryl/α,β-unsaturated/α-hetero) is 1. The zero-order valence-corrected chi connectivity index (χ0v) is 10.1. The molecule has 0 unspecified atom stereocenters. The third kappa shape index (κ3) is 1.82. The Morgan fingerprint density at radius 2 is 1.72 bits per heavy atom. The number of carbonyl (C=O) groups is 1. The molecule has 0 N–H and O–H groups in total. The minimum atomic E-state index is -0.978. The summed E-state index contributed by atoms with van der Waals surface area (Å²) in [4.78, 5) is 13.4. The fourth-order valence-corrected chi connectivity index (χ4v) is 3.07. The average molecular weight is 262 g/mol. The molecule has 90 valence electrons. The summed E-state index contributed by atoms with van der Waals surface area (Å²) in [6, 6.07) is 9.54. The van der Waals surface area contributed by atoms with E-state index in [1.807, 2.05) is 24.3 Å². The van der Waals surface area contributed by atoms with Crippen LogP contribution < -0.4 is 0 Å². The van der Waals surface area contributed by atoms with Gasteiger partial charge >= 0.3 is 0 Å². The van der Waals surface area contributed by atoms with Gasteiger partial charge in [0.05, 0.1) is 0 Å². The first-order valence-electron chi connectivity index (χ1n) is 5.43. The van der Waals surface area contributed by atoms with E-state index in [1.54, 1.807) is 0 Å². The predicted molar refractivity (Wildman–Crippen MR) is 65.0 cm³/mol. The van der Waals surface area contributed by atoms with E-state index in [1.165, 1.54) is 11.8 Å².